The van der Waals surface area contributed by atoms with Gasteiger partial charge in [-0.15, -0.1) is 5.10 Å². The minimum Gasteiger partial charge on any atom is -0.463 e. The maximum absolute atomic E-state index is 11.2. The van der Waals surface area contributed by atoms with Crippen molar-refractivity contribution in [3.8, 4) is 0 Å². The molecule has 1 aromatic rings. The lowest BCUT2D eigenvalue weighted by Crippen LogP contribution is -2.06. The highest BCUT2D eigenvalue weighted by molar-refractivity contribution is 5.84. The van der Waals surface area contributed by atoms with Crippen LogP contribution in [0.4, 0.5) is 0 Å². The topological polar surface area (TPSA) is 57.0 Å². The molecule has 1 heterocycles. The highest BCUT2D eigenvalue weighted by Gasteiger charge is 2.10. The molecule has 0 amide bonds. The molecular weight excluding hydrogens is 266 g/mol. The number of hydrogen-bond donors (Lipinski definition) is 0. The van der Waals surface area contributed by atoms with Gasteiger partial charge < -0.3 is 4.74 Å². The Morgan fingerprint density at radius 1 is 1.05 bits per heavy atom. The molecule has 0 aromatic carbocycles. The van der Waals surface area contributed by atoms with Crippen LogP contribution in [0.25, 0.3) is 0 Å². The molecule has 21 heavy (non-hydrogen) atoms. The second-order valence-electron chi connectivity index (χ2n) is 5.50. The van der Waals surface area contributed by atoms with Gasteiger partial charge in [-0.1, -0.05) is 64.7 Å². The number of carbonyl (C=O) groups excluding carboxylic acids is 1. The zero-order chi connectivity index (χ0) is 15.3. The normalized spacial score (nSPS) is 10.8. The van der Waals surface area contributed by atoms with Crippen LogP contribution in [0.15, 0.2) is 6.33 Å². The average molecular weight is 295 g/mol. The largest absolute Gasteiger partial charge is 0.463 e. The Hall–Kier alpha value is -1.39. The van der Waals surface area contributed by atoms with Crippen LogP contribution < -0.4 is 0 Å². The van der Waals surface area contributed by atoms with E-state index in [1.165, 1.54) is 64.9 Å². The van der Waals surface area contributed by atoms with Crippen molar-refractivity contribution in [3.63, 3.8) is 0 Å². The predicted molar refractivity (Wildman–Crippen MR) is 83.2 cm³/mol. The smallest absolute Gasteiger partial charge is 0.377 e. The Morgan fingerprint density at radius 3 is 2.19 bits per heavy atom. The zero-order valence-electron chi connectivity index (χ0n) is 13.5. The number of unbranched alkanes of at least 4 members (excludes halogenated alkanes) is 9. The molecule has 0 atom stereocenters. The van der Waals surface area contributed by atoms with Crippen molar-refractivity contribution in [2.24, 2.45) is 0 Å². The van der Waals surface area contributed by atoms with E-state index in [1.807, 2.05) is 0 Å². The molecule has 0 fully saturated rings. The number of ether oxygens (including phenoxy) is 1. The lowest BCUT2D eigenvalue weighted by atomic mass is 10.1. The molecular formula is C16H29N3O2. The molecule has 120 valence electrons. The van der Waals surface area contributed by atoms with E-state index < -0.39 is 5.97 Å². The average Bonchev–Trinajstić information content (AvgIpc) is 2.97. The van der Waals surface area contributed by atoms with Crippen molar-refractivity contribution in [2.45, 2.75) is 77.7 Å². The molecule has 0 aliphatic heterocycles. The second-order valence-corrected chi connectivity index (χ2v) is 5.50. The van der Waals surface area contributed by atoms with Crippen molar-refractivity contribution in [2.75, 3.05) is 7.11 Å². The molecule has 0 bridgehead atoms. The van der Waals surface area contributed by atoms with Crippen LogP contribution in [0.2, 0.25) is 0 Å². The van der Waals surface area contributed by atoms with Crippen molar-refractivity contribution in [3.05, 3.63) is 12.2 Å². The van der Waals surface area contributed by atoms with Gasteiger partial charge in [-0.25, -0.2) is 9.78 Å². The van der Waals surface area contributed by atoms with Crippen LogP contribution in [-0.2, 0) is 11.3 Å². The minimum atomic E-state index is -0.475. The number of hydrogen-bond acceptors (Lipinski definition) is 4. The molecule has 0 radical (unpaired) electrons. The first-order valence-corrected chi connectivity index (χ1v) is 8.25. The van der Waals surface area contributed by atoms with Gasteiger partial charge >= 0.3 is 5.97 Å². The van der Waals surface area contributed by atoms with Crippen LogP contribution in [-0.4, -0.2) is 27.8 Å². The quantitative estimate of drug-likeness (QED) is 0.432. The van der Waals surface area contributed by atoms with E-state index in [9.17, 15) is 4.79 Å². The zero-order valence-corrected chi connectivity index (χ0v) is 13.5. The van der Waals surface area contributed by atoms with Gasteiger partial charge in [-0.2, -0.15) is 0 Å². The summed E-state index contributed by atoms with van der Waals surface area (Å²) in [5.41, 5.74) is 0. The van der Waals surface area contributed by atoms with Crippen LogP contribution in [0, 0.1) is 0 Å². The van der Waals surface area contributed by atoms with Crippen molar-refractivity contribution < 1.29 is 9.53 Å². The highest BCUT2D eigenvalue weighted by Crippen LogP contribution is 2.10. The summed E-state index contributed by atoms with van der Waals surface area (Å²) in [4.78, 5) is 15.1. The second kappa shape index (κ2) is 11.3. The summed E-state index contributed by atoms with van der Waals surface area (Å²) in [6.07, 6.45) is 14.7. The Morgan fingerprint density at radius 2 is 1.62 bits per heavy atom. The Balaban J connectivity index is 1.97. The van der Waals surface area contributed by atoms with E-state index in [2.05, 4.69) is 21.7 Å². The third-order valence-corrected chi connectivity index (χ3v) is 3.65. The number of nitrogens with zero attached hydrogens (tertiary/aromatic N) is 3. The summed E-state index contributed by atoms with van der Waals surface area (Å²) in [7, 11) is 1.34. The number of aromatic nitrogens is 3. The van der Waals surface area contributed by atoms with Crippen molar-refractivity contribution >= 4 is 5.97 Å². The summed E-state index contributed by atoms with van der Waals surface area (Å²) in [5, 5.41) is 4.09. The molecule has 5 nitrogen and oxygen atoms in total. The third-order valence-electron chi connectivity index (χ3n) is 3.65. The van der Waals surface area contributed by atoms with Gasteiger partial charge in [0.05, 0.1) is 7.11 Å². The van der Waals surface area contributed by atoms with Gasteiger partial charge in [0.2, 0.25) is 0 Å². The van der Waals surface area contributed by atoms with E-state index in [-0.39, 0.29) is 5.82 Å². The first-order chi connectivity index (χ1) is 10.3. The van der Waals surface area contributed by atoms with Crippen LogP contribution in [0.5, 0.6) is 0 Å². The third kappa shape index (κ3) is 7.83. The van der Waals surface area contributed by atoms with Crippen LogP contribution in [0.1, 0.15) is 81.8 Å². The monoisotopic (exact) mass is 295 g/mol. The van der Waals surface area contributed by atoms with Gasteiger partial charge in [-0.3, -0.25) is 4.68 Å². The minimum absolute atomic E-state index is 0.143. The molecule has 0 aliphatic rings. The predicted octanol–water partition coefficient (Wildman–Crippen LogP) is 3.99. The number of methoxy groups -OCH3 is 1. The summed E-state index contributed by atoms with van der Waals surface area (Å²) < 4.78 is 6.30. The van der Waals surface area contributed by atoms with E-state index in [1.54, 1.807) is 11.0 Å². The summed E-state index contributed by atoms with van der Waals surface area (Å²) in [5.74, 6) is -0.332. The SMILES string of the molecule is CCCCCCCCCCCCn1cnc(C(=O)OC)n1. The molecule has 1 aromatic heterocycles. The molecule has 1 rings (SSSR count). The molecule has 0 unspecified atom stereocenters. The van der Waals surface area contributed by atoms with Gasteiger partial charge in [0.1, 0.15) is 6.33 Å². The number of esters is 1. The number of rotatable bonds is 12. The first kappa shape index (κ1) is 17.7. The molecule has 0 N–H and O–H groups in total. The Kier molecular flexibility index (Phi) is 9.49. The fourth-order valence-corrected chi connectivity index (χ4v) is 2.35. The summed E-state index contributed by atoms with van der Waals surface area (Å²) in [6.45, 7) is 3.07. The van der Waals surface area contributed by atoms with Gasteiger partial charge in [0, 0.05) is 6.54 Å². The summed E-state index contributed by atoms with van der Waals surface area (Å²) in [6, 6.07) is 0. The first-order valence-electron chi connectivity index (χ1n) is 8.25. The highest BCUT2D eigenvalue weighted by atomic mass is 16.5. The van der Waals surface area contributed by atoms with Crippen LogP contribution in [0.3, 0.4) is 0 Å². The van der Waals surface area contributed by atoms with Gasteiger partial charge in [-0.05, 0) is 6.42 Å². The standard InChI is InChI=1S/C16H29N3O2/c1-3-4-5-6-7-8-9-10-11-12-13-19-14-17-15(18-19)16(20)21-2/h14H,3-13H2,1-2H3. The van der Waals surface area contributed by atoms with Crippen molar-refractivity contribution in [1.82, 2.24) is 14.8 Å². The Bertz CT molecular complexity index is 391. The van der Waals surface area contributed by atoms with E-state index in [4.69, 9.17) is 0 Å². The lowest BCUT2D eigenvalue weighted by Gasteiger charge is -2.02. The summed E-state index contributed by atoms with van der Waals surface area (Å²) >= 11 is 0. The van der Waals surface area contributed by atoms with E-state index >= 15 is 0 Å². The number of carbonyl (C=O) groups is 1. The molecule has 0 saturated heterocycles. The fourth-order valence-electron chi connectivity index (χ4n) is 2.35. The maximum atomic E-state index is 11.2. The molecule has 0 saturated carbocycles. The van der Waals surface area contributed by atoms with Crippen molar-refractivity contribution in [1.29, 1.82) is 0 Å². The Labute approximate surface area is 128 Å². The molecule has 0 spiro atoms. The lowest BCUT2D eigenvalue weighted by molar-refractivity contribution is 0.0586. The molecule has 5 heteroatoms. The fraction of sp³-hybridized carbons (Fsp3) is 0.812. The van der Waals surface area contributed by atoms with Crippen LogP contribution >= 0.6 is 0 Å². The van der Waals surface area contributed by atoms with E-state index in [0.717, 1.165) is 13.0 Å². The molecule has 0 aliphatic carbocycles. The number of aryl methyl sites for hydroxylation is 1. The van der Waals surface area contributed by atoms with Gasteiger partial charge in [0.25, 0.3) is 5.82 Å². The van der Waals surface area contributed by atoms with E-state index in [0.29, 0.717) is 0 Å². The van der Waals surface area contributed by atoms with Gasteiger partial charge in [0.15, 0.2) is 0 Å². The maximum Gasteiger partial charge on any atom is 0.377 e.